The van der Waals surface area contributed by atoms with Crippen molar-refractivity contribution in [2.24, 2.45) is 0 Å². The van der Waals surface area contributed by atoms with Crippen LogP contribution in [0.4, 0.5) is 5.00 Å². The normalized spacial score (nSPS) is 17.6. The number of nitrogens with zero attached hydrogens (tertiary/aromatic N) is 1. The quantitative estimate of drug-likeness (QED) is 0.839. The highest BCUT2D eigenvalue weighted by molar-refractivity contribution is 7.90. The lowest BCUT2D eigenvalue weighted by Gasteiger charge is -2.25. The van der Waals surface area contributed by atoms with Gasteiger partial charge in [0.2, 0.25) is 0 Å². The molecule has 2 heterocycles. The first-order chi connectivity index (χ1) is 8.49. The summed E-state index contributed by atoms with van der Waals surface area (Å²) in [6, 6.07) is 2.80. The van der Waals surface area contributed by atoms with Gasteiger partial charge in [-0.2, -0.15) is 12.7 Å². The first-order valence-electron chi connectivity index (χ1n) is 5.18. The molecule has 0 atom stereocenters. The summed E-state index contributed by atoms with van der Waals surface area (Å²) >= 11 is 0.884. The van der Waals surface area contributed by atoms with Gasteiger partial charge in [-0.3, -0.25) is 4.72 Å². The largest absolute Gasteiger partial charge is 0.477 e. The summed E-state index contributed by atoms with van der Waals surface area (Å²) < 4.78 is 32.6. The smallest absolute Gasteiger partial charge is 0.345 e. The van der Waals surface area contributed by atoms with Crippen LogP contribution in [0.1, 0.15) is 9.67 Å². The zero-order valence-corrected chi connectivity index (χ0v) is 11.0. The maximum atomic E-state index is 12.0. The molecule has 7 nitrogen and oxygen atoms in total. The average Bonchev–Trinajstić information content (AvgIpc) is 2.78. The van der Waals surface area contributed by atoms with E-state index in [0.717, 1.165) is 11.3 Å². The zero-order chi connectivity index (χ0) is 13.2. The number of hydrogen-bond donors (Lipinski definition) is 2. The van der Waals surface area contributed by atoms with E-state index in [1.54, 1.807) is 0 Å². The van der Waals surface area contributed by atoms with Crippen molar-refractivity contribution in [3.63, 3.8) is 0 Å². The highest BCUT2D eigenvalue weighted by atomic mass is 32.2. The third-order valence-electron chi connectivity index (χ3n) is 2.36. The van der Waals surface area contributed by atoms with Gasteiger partial charge in [0.1, 0.15) is 9.88 Å². The zero-order valence-electron chi connectivity index (χ0n) is 9.33. The van der Waals surface area contributed by atoms with Crippen LogP contribution in [0.3, 0.4) is 0 Å². The molecule has 9 heteroatoms. The Hall–Kier alpha value is -1.16. The predicted molar refractivity (Wildman–Crippen MR) is 66.2 cm³/mol. The van der Waals surface area contributed by atoms with Gasteiger partial charge in [0, 0.05) is 13.1 Å². The van der Waals surface area contributed by atoms with Gasteiger partial charge in [0.05, 0.1) is 13.2 Å². The maximum Gasteiger partial charge on any atom is 0.345 e. The molecular formula is C9H12N2O5S2. The summed E-state index contributed by atoms with van der Waals surface area (Å²) in [4.78, 5) is 10.8. The number of rotatable bonds is 4. The molecule has 100 valence electrons. The number of hydrogen-bond acceptors (Lipinski definition) is 5. The van der Waals surface area contributed by atoms with Crippen LogP contribution >= 0.6 is 11.3 Å². The fourth-order valence-electron chi connectivity index (χ4n) is 1.49. The summed E-state index contributed by atoms with van der Waals surface area (Å²) in [5.74, 6) is -1.07. The van der Waals surface area contributed by atoms with Gasteiger partial charge < -0.3 is 9.84 Å². The van der Waals surface area contributed by atoms with Crippen molar-refractivity contribution in [3.05, 3.63) is 17.0 Å². The van der Waals surface area contributed by atoms with E-state index in [1.165, 1.54) is 16.4 Å². The number of morpholine rings is 1. The molecule has 0 amide bonds. The van der Waals surface area contributed by atoms with Crippen molar-refractivity contribution in [1.29, 1.82) is 0 Å². The third-order valence-corrected chi connectivity index (χ3v) is 5.00. The highest BCUT2D eigenvalue weighted by Gasteiger charge is 2.24. The van der Waals surface area contributed by atoms with Crippen molar-refractivity contribution in [3.8, 4) is 0 Å². The van der Waals surface area contributed by atoms with Crippen molar-refractivity contribution in [2.45, 2.75) is 0 Å². The summed E-state index contributed by atoms with van der Waals surface area (Å²) in [5, 5.41) is 9.04. The molecule has 0 unspecified atom stereocenters. The van der Waals surface area contributed by atoms with Gasteiger partial charge in [-0.25, -0.2) is 4.79 Å². The monoisotopic (exact) mass is 292 g/mol. The van der Waals surface area contributed by atoms with Crippen LogP contribution < -0.4 is 4.72 Å². The van der Waals surface area contributed by atoms with Crippen molar-refractivity contribution < 1.29 is 23.1 Å². The lowest BCUT2D eigenvalue weighted by molar-refractivity contribution is 0.0702. The van der Waals surface area contributed by atoms with E-state index >= 15 is 0 Å². The van der Waals surface area contributed by atoms with Gasteiger partial charge in [-0.05, 0) is 12.1 Å². The van der Waals surface area contributed by atoms with Crippen LogP contribution in [0.25, 0.3) is 0 Å². The second kappa shape index (κ2) is 5.22. The molecule has 2 rings (SSSR count). The number of carbonyl (C=O) groups is 1. The highest BCUT2D eigenvalue weighted by Crippen LogP contribution is 2.23. The first kappa shape index (κ1) is 13.3. The van der Waals surface area contributed by atoms with Crippen LogP contribution in [0.2, 0.25) is 0 Å². The molecule has 0 saturated carbocycles. The Kier molecular flexibility index (Phi) is 3.85. The molecule has 0 spiro atoms. The van der Waals surface area contributed by atoms with Crippen LogP contribution in [-0.4, -0.2) is 50.1 Å². The fraction of sp³-hybridized carbons (Fsp3) is 0.444. The summed E-state index contributed by atoms with van der Waals surface area (Å²) in [6.07, 6.45) is 0. The summed E-state index contributed by atoms with van der Waals surface area (Å²) in [7, 11) is -3.63. The van der Waals surface area contributed by atoms with Crippen LogP contribution in [-0.2, 0) is 14.9 Å². The van der Waals surface area contributed by atoms with Crippen LogP contribution in [0.5, 0.6) is 0 Å². The van der Waals surface area contributed by atoms with Crippen molar-refractivity contribution in [2.75, 3.05) is 31.0 Å². The van der Waals surface area contributed by atoms with Crippen LogP contribution in [0, 0.1) is 0 Å². The number of carboxylic acids is 1. The number of ether oxygens (including phenoxy) is 1. The van der Waals surface area contributed by atoms with Gasteiger partial charge in [0.15, 0.2) is 0 Å². The van der Waals surface area contributed by atoms with Gasteiger partial charge in [-0.1, -0.05) is 0 Å². The summed E-state index contributed by atoms with van der Waals surface area (Å²) in [5.41, 5.74) is 0. The fourth-order valence-corrected chi connectivity index (χ4v) is 3.65. The number of aromatic carboxylic acids is 1. The minimum atomic E-state index is -3.63. The minimum Gasteiger partial charge on any atom is -0.477 e. The first-order valence-corrected chi connectivity index (χ1v) is 7.43. The SMILES string of the molecule is O=C(O)c1ccc(NS(=O)(=O)N2CCOCC2)s1. The molecule has 1 aromatic rings. The van der Waals surface area contributed by atoms with Gasteiger partial charge in [0.25, 0.3) is 0 Å². The number of nitrogens with one attached hydrogen (secondary N) is 1. The third kappa shape index (κ3) is 2.99. The van der Waals surface area contributed by atoms with Crippen LogP contribution in [0.15, 0.2) is 12.1 Å². The molecule has 18 heavy (non-hydrogen) atoms. The molecule has 1 fully saturated rings. The Balaban J connectivity index is 2.08. The van der Waals surface area contributed by atoms with E-state index in [4.69, 9.17) is 9.84 Å². The molecule has 0 aromatic carbocycles. The molecule has 1 saturated heterocycles. The van der Waals surface area contributed by atoms with Crippen molar-refractivity contribution >= 4 is 32.5 Å². The second-order valence-electron chi connectivity index (χ2n) is 3.59. The molecule has 2 N–H and O–H groups in total. The standard InChI is InChI=1S/C9H12N2O5S2/c12-9(13)7-1-2-8(17-7)10-18(14,15)11-3-5-16-6-4-11/h1-2,10H,3-6H2,(H,12,13). The predicted octanol–water partition coefficient (Wildman–Crippen LogP) is 0.435. The lowest BCUT2D eigenvalue weighted by atomic mass is 10.5. The number of anilines is 1. The lowest BCUT2D eigenvalue weighted by Crippen LogP contribution is -2.43. The average molecular weight is 292 g/mol. The minimum absolute atomic E-state index is 0.0923. The number of thiophene rings is 1. The van der Waals surface area contributed by atoms with Gasteiger partial charge >= 0.3 is 16.2 Å². The van der Waals surface area contributed by atoms with E-state index in [1.807, 2.05) is 0 Å². The molecule has 0 bridgehead atoms. The van der Waals surface area contributed by atoms with E-state index in [9.17, 15) is 13.2 Å². The Labute approximate surface area is 108 Å². The Morgan fingerprint density at radius 3 is 2.61 bits per heavy atom. The van der Waals surface area contributed by atoms with E-state index in [2.05, 4.69) is 4.72 Å². The molecule has 1 aliphatic rings. The maximum absolute atomic E-state index is 12.0. The molecule has 0 aliphatic carbocycles. The van der Waals surface area contributed by atoms with Crippen molar-refractivity contribution in [1.82, 2.24) is 4.31 Å². The molecule has 1 aromatic heterocycles. The van der Waals surface area contributed by atoms with E-state index in [-0.39, 0.29) is 4.88 Å². The Morgan fingerprint density at radius 2 is 2.06 bits per heavy atom. The molecule has 1 aliphatic heterocycles. The number of carboxylic acid groups (broad SMARTS) is 1. The second-order valence-corrected chi connectivity index (χ2v) is 6.34. The summed E-state index contributed by atoms with van der Waals surface area (Å²) in [6.45, 7) is 1.33. The van der Waals surface area contributed by atoms with E-state index in [0.29, 0.717) is 31.3 Å². The Morgan fingerprint density at radius 1 is 1.39 bits per heavy atom. The molecular weight excluding hydrogens is 280 g/mol. The Bertz CT molecular complexity index is 533. The molecule has 0 radical (unpaired) electrons. The topological polar surface area (TPSA) is 95.9 Å². The van der Waals surface area contributed by atoms with E-state index < -0.39 is 16.2 Å². The van der Waals surface area contributed by atoms with Gasteiger partial charge in [-0.15, -0.1) is 11.3 Å².